The summed E-state index contributed by atoms with van der Waals surface area (Å²) < 4.78 is 3.41. The maximum atomic E-state index is 10.9. The summed E-state index contributed by atoms with van der Waals surface area (Å²) in [5, 5.41) is 9.77. The minimum absolute atomic E-state index is 0.0558. The summed E-state index contributed by atoms with van der Waals surface area (Å²) in [6.45, 7) is 0. The lowest BCUT2D eigenvalue weighted by Gasteiger charge is -2.25. The molecule has 0 spiro atoms. The lowest BCUT2D eigenvalue weighted by molar-refractivity contribution is -0.133. The van der Waals surface area contributed by atoms with Crippen molar-refractivity contribution in [3.05, 3.63) is 21.8 Å². The Morgan fingerprint density at radius 1 is 1.57 bits per heavy atom. The van der Waals surface area contributed by atoms with Crippen LogP contribution in [0.15, 0.2) is 23.4 Å². The highest BCUT2D eigenvalue weighted by molar-refractivity contribution is 14.1. The zero-order valence-corrected chi connectivity index (χ0v) is 15.1. The smallest absolute Gasteiger partial charge is 0.313 e. The van der Waals surface area contributed by atoms with Crippen LogP contribution in [0, 0.1) is 3.57 Å². The molecule has 1 unspecified atom stereocenters. The van der Waals surface area contributed by atoms with Crippen LogP contribution >= 0.6 is 46.1 Å². The zero-order valence-electron chi connectivity index (χ0n) is 11.3. The van der Waals surface area contributed by atoms with Crippen molar-refractivity contribution < 1.29 is 9.90 Å². The number of rotatable bonds is 4. The van der Waals surface area contributed by atoms with Gasteiger partial charge in [-0.2, -0.15) is 11.8 Å². The lowest BCUT2D eigenvalue weighted by Crippen LogP contribution is -2.17. The minimum atomic E-state index is -0.800. The van der Waals surface area contributed by atoms with Crippen LogP contribution in [0.3, 0.4) is 0 Å². The number of carbonyl (C=O) groups is 1. The van der Waals surface area contributed by atoms with E-state index >= 15 is 0 Å². The average molecular weight is 434 g/mol. The van der Waals surface area contributed by atoms with Crippen molar-refractivity contribution in [3.8, 4) is 0 Å². The summed E-state index contributed by atoms with van der Waals surface area (Å²) in [5.74, 6) is 1.56. The van der Waals surface area contributed by atoms with E-state index < -0.39 is 5.97 Å². The fourth-order valence-corrected chi connectivity index (χ4v) is 4.96. The van der Waals surface area contributed by atoms with E-state index in [1.165, 1.54) is 23.9 Å². The first-order chi connectivity index (χ1) is 10.1. The van der Waals surface area contributed by atoms with Crippen LogP contribution < -0.4 is 0 Å². The second kappa shape index (κ2) is 6.78. The van der Waals surface area contributed by atoms with E-state index in [0.29, 0.717) is 6.04 Å². The summed E-state index contributed by atoms with van der Waals surface area (Å²) in [4.78, 5) is 15.5. The molecule has 1 aliphatic heterocycles. The van der Waals surface area contributed by atoms with Gasteiger partial charge in [-0.15, -0.1) is 0 Å². The molecular weight excluding hydrogens is 419 g/mol. The number of halogens is 1. The lowest BCUT2D eigenvalue weighted by atomic mass is 10.2. The van der Waals surface area contributed by atoms with E-state index in [1.807, 2.05) is 11.8 Å². The fraction of sp³-hybridized carbons (Fsp3) is 0.429. The highest BCUT2D eigenvalue weighted by atomic mass is 127. The Morgan fingerprint density at radius 2 is 2.43 bits per heavy atom. The van der Waals surface area contributed by atoms with Crippen molar-refractivity contribution in [2.24, 2.45) is 0 Å². The van der Waals surface area contributed by atoms with Gasteiger partial charge in [0, 0.05) is 15.4 Å². The van der Waals surface area contributed by atoms with Gasteiger partial charge in [-0.3, -0.25) is 4.79 Å². The Kier molecular flexibility index (Phi) is 5.00. The molecule has 1 saturated heterocycles. The van der Waals surface area contributed by atoms with E-state index in [4.69, 9.17) is 5.11 Å². The molecule has 0 aliphatic carbocycles. The number of hydrogen-bond acceptors (Lipinski definition) is 4. The third-order valence-electron chi connectivity index (χ3n) is 3.45. The molecule has 2 heterocycles. The summed E-state index contributed by atoms with van der Waals surface area (Å²) in [7, 11) is 0. The number of aliphatic carboxylic acids is 1. The van der Waals surface area contributed by atoms with E-state index in [9.17, 15) is 4.79 Å². The molecule has 1 atom stereocenters. The number of imidazole rings is 1. The van der Waals surface area contributed by atoms with E-state index in [0.717, 1.165) is 31.9 Å². The molecule has 1 aliphatic rings. The molecule has 0 saturated carbocycles. The SMILES string of the molecule is O=C(O)CSc1nc2cc(I)ccc2n1C1CCCSC1. The van der Waals surface area contributed by atoms with Crippen LogP contribution in [0.2, 0.25) is 0 Å². The molecule has 1 fully saturated rings. The van der Waals surface area contributed by atoms with Gasteiger partial charge in [0.05, 0.1) is 16.8 Å². The predicted octanol–water partition coefficient (Wildman–Crippen LogP) is 3.89. The van der Waals surface area contributed by atoms with Gasteiger partial charge in [-0.1, -0.05) is 11.8 Å². The third-order valence-corrected chi connectivity index (χ3v) is 6.25. The molecule has 0 radical (unpaired) electrons. The maximum Gasteiger partial charge on any atom is 0.313 e. The van der Waals surface area contributed by atoms with Crippen molar-refractivity contribution in [1.82, 2.24) is 9.55 Å². The number of hydrogen-bond donors (Lipinski definition) is 1. The van der Waals surface area contributed by atoms with Crippen LogP contribution in [0.25, 0.3) is 11.0 Å². The number of carboxylic acids is 1. The van der Waals surface area contributed by atoms with Crippen LogP contribution in [-0.2, 0) is 4.79 Å². The van der Waals surface area contributed by atoms with Crippen LogP contribution in [0.4, 0.5) is 0 Å². The Morgan fingerprint density at radius 3 is 3.14 bits per heavy atom. The van der Waals surface area contributed by atoms with E-state index in [-0.39, 0.29) is 5.75 Å². The second-order valence-corrected chi connectivity index (χ2v) is 8.29. The molecule has 1 N–H and O–H groups in total. The Balaban J connectivity index is 2.03. The summed E-state index contributed by atoms with van der Waals surface area (Å²) in [5.41, 5.74) is 2.08. The molecule has 0 amide bonds. The quantitative estimate of drug-likeness (QED) is 0.585. The van der Waals surface area contributed by atoms with Gasteiger partial charge in [0.25, 0.3) is 0 Å². The Labute approximate surface area is 145 Å². The maximum absolute atomic E-state index is 10.9. The molecule has 3 rings (SSSR count). The van der Waals surface area contributed by atoms with Gasteiger partial charge in [0.1, 0.15) is 0 Å². The summed E-state index contributed by atoms with van der Waals surface area (Å²) in [6.07, 6.45) is 2.35. The summed E-state index contributed by atoms with van der Waals surface area (Å²) >= 11 is 5.57. The number of benzene rings is 1. The molecule has 2 aromatic rings. The largest absolute Gasteiger partial charge is 0.481 e. The Bertz CT molecular complexity index is 668. The first-order valence-electron chi connectivity index (χ1n) is 6.75. The molecular formula is C14H15IN2O2S2. The van der Waals surface area contributed by atoms with Crippen molar-refractivity contribution in [1.29, 1.82) is 0 Å². The molecule has 21 heavy (non-hydrogen) atoms. The summed E-state index contributed by atoms with van der Waals surface area (Å²) in [6, 6.07) is 6.68. The first kappa shape index (κ1) is 15.5. The molecule has 1 aromatic heterocycles. The third kappa shape index (κ3) is 3.50. The first-order valence-corrected chi connectivity index (χ1v) is 9.97. The van der Waals surface area contributed by atoms with Crippen LogP contribution in [0.5, 0.6) is 0 Å². The van der Waals surface area contributed by atoms with Gasteiger partial charge < -0.3 is 9.67 Å². The van der Waals surface area contributed by atoms with Crippen molar-refractivity contribution in [2.45, 2.75) is 24.0 Å². The predicted molar refractivity (Wildman–Crippen MR) is 96.4 cm³/mol. The highest BCUT2D eigenvalue weighted by Gasteiger charge is 2.22. The number of carboxylic acid groups (broad SMARTS) is 1. The standard InChI is InChI=1S/C14H15IN2O2S2/c15-9-3-4-12-11(6-9)16-14(21-8-13(18)19)17(12)10-2-1-5-20-7-10/h3-4,6,10H,1-2,5,7-8H2,(H,18,19). The van der Waals surface area contributed by atoms with E-state index in [1.54, 1.807) is 0 Å². The minimum Gasteiger partial charge on any atom is -0.481 e. The van der Waals surface area contributed by atoms with Crippen molar-refractivity contribution in [2.75, 3.05) is 17.3 Å². The number of nitrogens with zero attached hydrogens (tertiary/aromatic N) is 2. The molecule has 0 bridgehead atoms. The average Bonchev–Trinajstić information content (AvgIpc) is 2.83. The molecule has 112 valence electrons. The van der Waals surface area contributed by atoms with E-state index in [2.05, 4.69) is 50.3 Å². The molecule has 4 nitrogen and oxygen atoms in total. The van der Waals surface area contributed by atoms with Crippen LogP contribution in [0.1, 0.15) is 18.9 Å². The Hall–Kier alpha value is -0.410. The van der Waals surface area contributed by atoms with Gasteiger partial charge >= 0.3 is 5.97 Å². The normalized spacial score (nSPS) is 19.0. The number of thioether (sulfide) groups is 2. The molecule has 1 aromatic carbocycles. The number of fused-ring (bicyclic) bond motifs is 1. The van der Waals surface area contributed by atoms with Gasteiger partial charge in [0.15, 0.2) is 5.16 Å². The van der Waals surface area contributed by atoms with Gasteiger partial charge in [-0.25, -0.2) is 4.98 Å². The topological polar surface area (TPSA) is 55.1 Å². The van der Waals surface area contributed by atoms with Gasteiger partial charge in [-0.05, 0) is 59.4 Å². The van der Waals surface area contributed by atoms with Crippen molar-refractivity contribution >= 4 is 63.1 Å². The fourth-order valence-electron chi connectivity index (χ4n) is 2.56. The van der Waals surface area contributed by atoms with Gasteiger partial charge in [0.2, 0.25) is 0 Å². The second-order valence-electron chi connectivity index (χ2n) is 4.95. The highest BCUT2D eigenvalue weighted by Crippen LogP contribution is 2.34. The molecule has 7 heteroatoms. The monoisotopic (exact) mass is 434 g/mol. The van der Waals surface area contributed by atoms with Crippen LogP contribution in [-0.4, -0.2) is 37.9 Å². The zero-order chi connectivity index (χ0) is 14.8. The van der Waals surface area contributed by atoms with Crippen molar-refractivity contribution in [3.63, 3.8) is 0 Å². The number of aromatic nitrogens is 2.